The van der Waals surface area contributed by atoms with Crippen LogP contribution in [-0.4, -0.2) is 18.5 Å². The third-order valence-electron chi connectivity index (χ3n) is 4.22. The zero-order valence-corrected chi connectivity index (χ0v) is 11.0. The summed E-state index contributed by atoms with van der Waals surface area (Å²) >= 11 is 0. The summed E-state index contributed by atoms with van der Waals surface area (Å²) in [5.74, 6) is -0.689. The number of anilines is 1. The molecule has 3 nitrogen and oxygen atoms in total. The number of nitrogens with one attached hydrogen (secondary N) is 1. The monoisotopic (exact) mass is 279 g/mol. The van der Waals surface area contributed by atoms with E-state index in [0.29, 0.717) is 18.5 Å². The van der Waals surface area contributed by atoms with Crippen molar-refractivity contribution in [3.63, 3.8) is 0 Å². The van der Waals surface area contributed by atoms with Crippen LogP contribution in [0.15, 0.2) is 30.4 Å². The standard InChI is InChI=1S/C15H16F2N2O/c16-12-5-4-10(7-13(12)17)19-15(20)8-18-14-6-9-2-1-3-11(9)14/h1,3-5,7,9,11,14,18H,2,6,8H2,(H,19,20)/p+1/t9-,11-,14+/m0/s1. The Morgan fingerprint density at radius 2 is 2.20 bits per heavy atom. The van der Waals surface area contributed by atoms with Crippen LogP contribution in [0.25, 0.3) is 0 Å². The van der Waals surface area contributed by atoms with E-state index in [1.165, 1.54) is 6.07 Å². The van der Waals surface area contributed by atoms with Gasteiger partial charge in [-0.25, -0.2) is 8.78 Å². The Morgan fingerprint density at radius 3 is 2.95 bits per heavy atom. The zero-order chi connectivity index (χ0) is 14.1. The number of hydrogen-bond donors (Lipinski definition) is 2. The van der Waals surface area contributed by atoms with Crippen molar-refractivity contribution in [2.75, 3.05) is 11.9 Å². The number of amides is 1. The second-order valence-corrected chi connectivity index (χ2v) is 5.52. The zero-order valence-electron chi connectivity index (χ0n) is 11.0. The van der Waals surface area contributed by atoms with Gasteiger partial charge in [0.25, 0.3) is 5.91 Å². The predicted octanol–water partition coefficient (Wildman–Crippen LogP) is 1.43. The van der Waals surface area contributed by atoms with Gasteiger partial charge >= 0.3 is 0 Å². The van der Waals surface area contributed by atoms with Crippen LogP contribution in [-0.2, 0) is 4.79 Å². The van der Waals surface area contributed by atoms with Gasteiger partial charge in [-0.05, 0) is 24.5 Å². The molecule has 0 radical (unpaired) electrons. The first kappa shape index (κ1) is 13.2. The number of carbonyl (C=O) groups is 1. The second-order valence-electron chi connectivity index (χ2n) is 5.52. The fraction of sp³-hybridized carbons (Fsp3) is 0.400. The molecule has 2 aliphatic carbocycles. The van der Waals surface area contributed by atoms with Crippen molar-refractivity contribution in [1.82, 2.24) is 0 Å². The van der Waals surface area contributed by atoms with Gasteiger partial charge in [0.15, 0.2) is 18.2 Å². The van der Waals surface area contributed by atoms with Gasteiger partial charge in [-0.15, -0.1) is 0 Å². The average molecular weight is 279 g/mol. The van der Waals surface area contributed by atoms with Crippen molar-refractivity contribution in [2.45, 2.75) is 18.9 Å². The van der Waals surface area contributed by atoms with Gasteiger partial charge in [0.2, 0.25) is 0 Å². The summed E-state index contributed by atoms with van der Waals surface area (Å²) in [5.41, 5.74) is 0.287. The summed E-state index contributed by atoms with van der Waals surface area (Å²) in [6.07, 6.45) is 6.76. The molecule has 106 valence electrons. The number of hydrogen-bond acceptors (Lipinski definition) is 1. The van der Waals surface area contributed by atoms with Gasteiger partial charge in [0.1, 0.15) is 0 Å². The molecular formula is C15H17F2N2O+. The van der Waals surface area contributed by atoms with Crippen LogP contribution in [0, 0.1) is 23.5 Å². The average Bonchev–Trinajstić information content (AvgIpc) is 2.76. The van der Waals surface area contributed by atoms with E-state index in [-0.39, 0.29) is 11.6 Å². The fourth-order valence-electron chi connectivity index (χ4n) is 3.08. The molecule has 0 aliphatic heterocycles. The lowest BCUT2D eigenvalue weighted by molar-refractivity contribution is -0.697. The lowest BCUT2D eigenvalue weighted by atomic mass is 9.71. The van der Waals surface area contributed by atoms with Gasteiger partial charge in [-0.1, -0.05) is 12.2 Å². The number of nitrogens with two attached hydrogens (primary N) is 1. The molecule has 1 amide bonds. The van der Waals surface area contributed by atoms with Crippen molar-refractivity contribution in [3.8, 4) is 0 Å². The summed E-state index contributed by atoms with van der Waals surface area (Å²) in [4.78, 5) is 11.8. The molecule has 5 heteroatoms. The minimum Gasteiger partial charge on any atom is -0.336 e. The fourth-order valence-corrected chi connectivity index (χ4v) is 3.08. The quantitative estimate of drug-likeness (QED) is 0.805. The van der Waals surface area contributed by atoms with Crippen molar-refractivity contribution >= 4 is 11.6 Å². The molecular weight excluding hydrogens is 262 g/mol. The summed E-state index contributed by atoms with van der Waals surface area (Å²) in [7, 11) is 0. The van der Waals surface area contributed by atoms with Crippen LogP contribution >= 0.6 is 0 Å². The van der Waals surface area contributed by atoms with E-state index in [1.807, 2.05) is 5.32 Å². The first-order valence-corrected chi connectivity index (χ1v) is 6.88. The molecule has 0 aromatic heterocycles. The number of quaternary nitrogens is 1. The van der Waals surface area contributed by atoms with Crippen molar-refractivity contribution < 1.29 is 18.9 Å². The van der Waals surface area contributed by atoms with Crippen LogP contribution in [0.4, 0.5) is 14.5 Å². The van der Waals surface area contributed by atoms with Crippen LogP contribution in [0.1, 0.15) is 12.8 Å². The Labute approximate surface area is 116 Å². The highest BCUT2D eigenvalue weighted by Gasteiger charge is 2.43. The van der Waals surface area contributed by atoms with Crippen LogP contribution in [0.2, 0.25) is 0 Å². The number of allylic oxidation sites excluding steroid dienone is 1. The van der Waals surface area contributed by atoms with Gasteiger partial charge in [-0.3, -0.25) is 4.79 Å². The maximum atomic E-state index is 13.0. The van der Waals surface area contributed by atoms with Crippen molar-refractivity contribution in [1.29, 1.82) is 0 Å². The van der Waals surface area contributed by atoms with E-state index in [2.05, 4.69) is 17.5 Å². The largest absolute Gasteiger partial charge is 0.336 e. The Bertz CT molecular complexity index is 559. The molecule has 0 bridgehead atoms. The van der Waals surface area contributed by atoms with Gasteiger partial charge < -0.3 is 10.6 Å². The predicted molar refractivity (Wildman–Crippen MR) is 70.9 cm³/mol. The number of halogens is 2. The van der Waals surface area contributed by atoms with E-state index in [4.69, 9.17) is 0 Å². The Morgan fingerprint density at radius 1 is 1.35 bits per heavy atom. The molecule has 0 unspecified atom stereocenters. The molecule has 3 atom stereocenters. The van der Waals surface area contributed by atoms with E-state index in [9.17, 15) is 13.6 Å². The SMILES string of the molecule is O=C(C[NH2+][C@@H]1C[C@@H]2CC=C[C@@H]21)Nc1ccc(F)c(F)c1. The van der Waals surface area contributed by atoms with E-state index >= 15 is 0 Å². The number of rotatable bonds is 4. The lowest BCUT2D eigenvalue weighted by Gasteiger charge is -2.37. The number of fused-ring (bicyclic) bond motifs is 1. The number of benzene rings is 1. The highest BCUT2D eigenvalue weighted by molar-refractivity contribution is 5.91. The van der Waals surface area contributed by atoms with Gasteiger partial charge in [-0.2, -0.15) is 0 Å². The lowest BCUT2D eigenvalue weighted by Crippen LogP contribution is -2.95. The molecule has 3 N–H and O–H groups in total. The highest BCUT2D eigenvalue weighted by atomic mass is 19.2. The summed E-state index contributed by atoms with van der Waals surface area (Å²) in [6.45, 7) is 0.306. The molecule has 1 fully saturated rings. The van der Waals surface area contributed by atoms with Crippen LogP contribution in [0.5, 0.6) is 0 Å². The molecule has 0 heterocycles. The first-order valence-electron chi connectivity index (χ1n) is 6.88. The maximum Gasteiger partial charge on any atom is 0.279 e. The van der Waals surface area contributed by atoms with E-state index in [0.717, 1.165) is 30.9 Å². The van der Waals surface area contributed by atoms with Crippen molar-refractivity contribution in [3.05, 3.63) is 42.0 Å². The summed E-state index contributed by atoms with van der Waals surface area (Å²) in [5, 5.41) is 4.61. The van der Waals surface area contributed by atoms with Crippen molar-refractivity contribution in [2.24, 2.45) is 11.8 Å². The minimum absolute atomic E-state index is 0.193. The van der Waals surface area contributed by atoms with Crippen LogP contribution in [0.3, 0.4) is 0 Å². The summed E-state index contributed by atoms with van der Waals surface area (Å²) < 4.78 is 25.8. The Kier molecular flexibility index (Phi) is 3.53. The topological polar surface area (TPSA) is 45.7 Å². The number of carbonyl (C=O) groups excluding carboxylic acids is 1. The first-order chi connectivity index (χ1) is 9.63. The van der Waals surface area contributed by atoms with Gasteiger partial charge in [0, 0.05) is 24.1 Å². The smallest absolute Gasteiger partial charge is 0.279 e. The molecule has 0 saturated heterocycles. The Hall–Kier alpha value is -1.75. The summed E-state index contributed by atoms with van der Waals surface area (Å²) in [6, 6.07) is 3.84. The molecule has 0 spiro atoms. The van der Waals surface area contributed by atoms with E-state index < -0.39 is 11.6 Å². The van der Waals surface area contributed by atoms with Gasteiger partial charge in [0.05, 0.1) is 6.04 Å². The molecule has 1 aromatic carbocycles. The Balaban J connectivity index is 1.47. The molecule has 1 aromatic rings. The normalized spacial score (nSPS) is 27.0. The van der Waals surface area contributed by atoms with E-state index in [1.54, 1.807) is 0 Å². The highest BCUT2D eigenvalue weighted by Crippen LogP contribution is 2.40. The molecule has 1 saturated carbocycles. The molecule has 2 aliphatic rings. The molecule has 3 rings (SSSR count). The second kappa shape index (κ2) is 5.32. The third-order valence-corrected chi connectivity index (χ3v) is 4.22. The third kappa shape index (κ3) is 2.58. The van der Waals surface area contributed by atoms with Crippen LogP contribution < -0.4 is 10.6 Å². The minimum atomic E-state index is -0.954. The maximum absolute atomic E-state index is 13.0. The molecule has 20 heavy (non-hydrogen) atoms.